The van der Waals surface area contributed by atoms with Crippen molar-refractivity contribution in [1.29, 1.82) is 0 Å². The third kappa shape index (κ3) is 4.47. The molecule has 1 fully saturated rings. The third-order valence-corrected chi connectivity index (χ3v) is 4.13. The average molecular weight is 296 g/mol. The third-order valence-electron chi connectivity index (χ3n) is 3.76. The van der Waals surface area contributed by atoms with Crippen molar-refractivity contribution in [2.45, 2.75) is 25.4 Å². The number of halogens is 1. The van der Waals surface area contributed by atoms with Crippen molar-refractivity contribution in [3.8, 4) is 0 Å². The number of carbonyl (C=O) groups is 1. The molecule has 0 aliphatic carbocycles. The minimum absolute atomic E-state index is 0.0472. The molecule has 0 radical (unpaired) electrons. The molecule has 0 aromatic heterocycles. The van der Waals surface area contributed by atoms with Gasteiger partial charge < -0.3 is 10.6 Å². The number of nitrogens with one attached hydrogen (secondary N) is 2. The number of amides is 1. The topological polar surface area (TPSA) is 44.4 Å². The van der Waals surface area contributed by atoms with Gasteiger partial charge in [-0.25, -0.2) is 0 Å². The van der Waals surface area contributed by atoms with Gasteiger partial charge in [-0.1, -0.05) is 29.8 Å². The summed E-state index contributed by atoms with van der Waals surface area (Å²) in [6, 6.07) is 8.08. The molecule has 1 amide bonds. The minimum atomic E-state index is 0.0472. The first-order valence-corrected chi connectivity index (χ1v) is 7.45. The van der Waals surface area contributed by atoms with E-state index in [-0.39, 0.29) is 5.91 Å². The van der Waals surface area contributed by atoms with Crippen LogP contribution in [0.2, 0.25) is 5.02 Å². The minimum Gasteiger partial charge on any atom is -0.351 e. The molecule has 5 heteroatoms. The molecule has 1 saturated heterocycles. The van der Waals surface area contributed by atoms with Crippen molar-refractivity contribution in [3.05, 3.63) is 34.9 Å². The van der Waals surface area contributed by atoms with Gasteiger partial charge in [0.15, 0.2) is 0 Å². The van der Waals surface area contributed by atoms with Crippen molar-refractivity contribution >= 4 is 17.5 Å². The Labute approximate surface area is 125 Å². The maximum absolute atomic E-state index is 12.0. The van der Waals surface area contributed by atoms with Crippen LogP contribution in [0.15, 0.2) is 24.3 Å². The number of hydrogen-bond acceptors (Lipinski definition) is 3. The van der Waals surface area contributed by atoms with E-state index in [2.05, 4.69) is 15.5 Å². The summed E-state index contributed by atoms with van der Waals surface area (Å²) >= 11 is 6.07. The van der Waals surface area contributed by atoms with E-state index in [0.29, 0.717) is 24.2 Å². The highest BCUT2D eigenvalue weighted by atomic mass is 35.5. The van der Waals surface area contributed by atoms with E-state index in [1.165, 1.54) is 0 Å². The zero-order valence-electron chi connectivity index (χ0n) is 11.9. The molecule has 4 nitrogen and oxygen atoms in total. The fraction of sp³-hybridized carbons (Fsp3) is 0.533. The van der Waals surface area contributed by atoms with Crippen molar-refractivity contribution in [2.75, 3.05) is 26.7 Å². The lowest BCUT2D eigenvalue weighted by molar-refractivity contribution is -0.122. The number of rotatable bonds is 5. The molecular weight excluding hydrogens is 274 g/mol. The summed E-state index contributed by atoms with van der Waals surface area (Å²) in [5, 5.41) is 6.96. The molecule has 110 valence electrons. The Morgan fingerprint density at radius 2 is 2.10 bits per heavy atom. The van der Waals surface area contributed by atoms with Crippen LogP contribution in [0.1, 0.15) is 18.4 Å². The van der Waals surface area contributed by atoms with Crippen LogP contribution < -0.4 is 10.6 Å². The monoisotopic (exact) mass is 295 g/mol. The lowest BCUT2D eigenvalue weighted by Crippen LogP contribution is -2.45. The first-order chi connectivity index (χ1) is 9.66. The average Bonchev–Trinajstić information content (AvgIpc) is 2.47. The van der Waals surface area contributed by atoms with Gasteiger partial charge in [0.05, 0.1) is 6.54 Å². The summed E-state index contributed by atoms with van der Waals surface area (Å²) in [5.41, 5.74) is 0.951. The number of carbonyl (C=O) groups excluding carboxylic acids is 1. The van der Waals surface area contributed by atoms with Crippen LogP contribution >= 0.6 is 11.6 Å². The quantitative estimate of drug-likeness (QED) is 0.868. The molecule has 0 atom stereocenters. The summed E-state index contributed by atoms with van der Waals surface area (Å²) in [6.07, 6.45) is 2.21. The van der Waals surface area contributed by atoms with Gasteiger partial charge in [-0.15, -0.1) is 0 Å². The van der Waals surface area contributed by atoms with E-state index in [1.54, 1.807) is 0 Å². The standard InChI is InChI=1S/C15H22ClN3O/c1-19(13-6-8-17-9-7-13)11-15(20)18-10-12-4-2-3-5-14(12)16/h2-5,13,17H,6-11H2,1H3,(H,18,20). The van der Waals surface area contributed by atoms with E-state index in [4.69, 9.17) is 11.6 Å². The molecule has 0 saturated carbocycles. The predicted molar refractivity (Wildman–Crippen MR) is 81.8 cm³/mol. The van der Waals surface area contributed by atoms with Crippen molar-refractivity contribution in [3.63, 3.8) is 0 Å². The zero-order chi connectivity index (χ0) is 14.4. The smallest absolute Gasteiger partial charge is 0.234 e. The van der Waals surface area contributed by atoms with Gasteiger partial charge >= 0.3 is 0 Å². The molecule has 20 heavy (non-hydrogen) atoms. The Bertz CT molecular complexity index is 446. The highest BCUT2D eigenvalue weighted by molar-refractivity contribution is 6.31. The molecule has 1 aromatic carbocycles. The second-order valence-electron chi connectivity index (χ2n) is 5.26. The van der Waals surface area contributed by atoms with Gasteiger partial charge in [0, 0.05) is 17.6 Å². The van der Waals surface area contributed by atoms with Crippen LogP contribution in [-0.4, -0.2) is 43.5 Å². The number of piperidine rings is 1. The van der Waals surface area contributed by atoms with Gasteiger partial charge in [0.25, 0.3) is 0 Å². The molecule has 2 N–H and O–H groups in total. The molecule has 2 rings (SSSR count). The SMILES string of the molecule is CN(CC(=O)NCc1ccccc1Cl)C1CCNCC1. The molecule has 1 aliphatic rings. The van der Waals surface area contributed by atoms with E-state index in [1.807, 2.05) is 31.3 Å². The molecule has 0 bridgehead atoms. The van der Waals surface area contributed by atoms with Gasteiger partial charge in [-0.05, 0) is 44.6 Å². The Kier molecular flexibility index (Phi) is 5.83. The molecule has 0 unspecified atom stereocenters. The normalized spacial score (nSPS) is 16.4. The van der Waals surface area contributed by atoms with Crippen molar-refractivity contribution in [2.24, 2.45) is 0 Å². The Morgan fingerprint density at radius 1 is 1.40 bits per heavy atom. The lowest BCUT2D eigenvalue weighted by atomic mass is 10.1. The Balaban J connectivity index is 1.76. The second kappa shape index (κ2) is 7.62. The number of nitrogens with zero attached hydrogens (tertiary/aromatic N) is 1. The highest BCUT2D eigenvalue weighted by Gasteiger charge is 2.19. The summed E-state index contributed by atoms with van der Waals surface area (Å²) in [7, 11) is 2.02. The maximum atomic E-state index is 12.0. The predicted octanol–water partition coefficient (Wildman–Crippen LogP) is 1.64. The second-order valence-corrected chi connectivity index (χ2v) is 5.67. The number of hydrogen-bond donors (Lipinski definition) is 2. The van der Waals surface area contributed by atoms with Crippen LogP contribution in [0, 0.1) is 0 Å². The van der Waals surface area contributed by atoms with E-state index < -0.39 is 0 Å². The lowest BCUT2D eigenvalue weighted by Gasteiger charge is -2.31. The first kappa shape index (κ1) is 15.3. The van der Waals surface area contributed by atoms with Crippen molar-refractivity contribution < 1.29 is 4.79 Å². The molecule has 1 aliphatic heterocycles. The summed E-state index contributed by atoms with van der Waals surface area (Å²) in [5.74, 6) is 0.0472. The summed E-state index contributed by atoms with van der Waals surface area (Å²) < 4.78 is 0. The van der Waals surface area contributed by atoms with Crippen molar-refractivity contribution in [1.82, 2.24) is 15.5 Å². The van der Waals surface area contributed by atoms with Crippen LogP contribution in [0.4, 0.5) is 0 Å². The first-order valence-electron chi connectivity index (χ1n) is 7.08. The zero-order valence-corrected chi connectivity index (χ0v) is 12.6. The molecular formula is C15H22ClN3O. The van der Waals surface area contributed by atoms with E-state index in [0.717, 1.165) is 31.5 Å². The molecule has 1 heterocycles. The molecule has 0 spiro atoms. The van der Waals surface area contributed by atoms with Gasteiger partial charge in [-0.2, -0.15) is 0 Å². The van der Waals surface area contributed by atoms with Crippen LogP contribution in [0.3, 0.4) is 0 Å². The van der Waals surface area contributed by atoms with Crippen LogP contribution in [-0.2, 0) is 11.3 Å². The number of benzene rings is 1. The Morgan fingerprint density at radius 3 is 2.80 bits per heavy atom. The van der Waals surface area contributed by atoms with Gasteiger partial charge in [0.1, 0.15) is 0 Å². The molecule has 1 aromatic rings. The highest BCUT2D eigenvalue weighted by Crippen LogP contribution is 2.14. The van der Waals surface area contributed by atoms with E-state index >= 15 is 0 Å². The fourth-order valence-electron chi connectivity index (χ4n) is 2.49. The van der Waals surface area contributed by atoms with Gasteiger partial charge in [-0.3, -0.25) is 9.69 Å². The van der Waals surface area contributed by atoms with Gasteiger partial charge in [0.2, 0.25) is 5.91 Å². The van der Waals surface area contributed by atoms with Crippen LogP contribution in [0.5, 0.6) is 0 Å². The Hall–Kier alpha value is -1.10. The summed E-state index contributed by atoms with van der Waals surface area (Å²) in [6.45, 7) is 3.00. The fourth-order valence-corrected chi connectivity index (χ4v) is 2.70. The summed E-state index contributed by atoms with van der Waals surface area (Å²) in [4.78, 5) is 14.1. The largest absolute Gasteiger partial charge is 0.351 e. The van der Waals surface area contributed by atoms with E-state index in [9.17, 15) is 4.79 Å². The van der Waals surface area contributed by atoms with Crippen LogP contribution in [0.25, 0.3) is 0 Å². The number of likely N-dealkylation sites (N-methyl/N-ethyl adjacent to an activating group) is 1. The maximum Gasteiger partial charge on any atom is 0.234 e.